The monoisotopic (exact) mass is 894 g/mol. The van der Waals surface area contributed by atoms with Gasteiger partial charge < -0.3 is 24.8 Å². The van der Waals surface area contributed by atoms with Crippen LogP contribution in [-0.2, 0) is 21.2 Å². The van der Waals surface area contributed by atoms with Crippen LogP contribution >= 0.6 is 18.7 Å². The smallest absolute Gasteiger partial charge is 0.329 e. The summed E-state index contributed by atoms with van der Waals surface area (Å²) in [6.07, 6.45) is 6.56. The number of fused-ring (bicyclic) bond motifs is 1. The lowest BCUT2D eigenvalue weighted by Crippen LogP contribution is -2.61. The third-order valence-corrected chi connectivity index (χ3v) is 15.3. The molecular formula is C46H56ClN10O5P. The Bertz CT molecular complexity index is 2640. The topological polar surface area (TPSA) is 159 Å². The average molecular weight is 895 g/mol. The lowest BCUT2D eigenvalue weighted by Gasteiger charge is -2.49. The number of imide groups is 1. The van der Waals surface area contributed by atoms with Crippen LogP contribution in [-0.4, -0.2) is 113 Å². The van der Waals surface area contributed by atoms with Gasteiger partial charge in [-0.15, -0.1) is 0 Å². The van der Waals surface area contributed by atoms with E-state index in [4.69, 9.17) is 16.3 Å². The molecule has 0 radical (unpaired) electrons. The quantitative estimate of drug-likeness (QED) is 0.0952. The van der Waals surface area contributed by atoms with E-state index in [0.717, 1.165) is 105 Å². The number of likely N-dealkylation sites (tertiary alicyclic amines) is 2. The zero-order valence-electron chi connectivity index (χ0n) is 36.3. The molecule has 3 aromatic carbocycles. The number of para-hydroxylation sites is 1. The minimum atomic E-state index is -2.54. The van der Waals surface area contributed by atoms with Crippen LogP contribution in [0.1, 0.15) is 56.0 Å². The lowest BCUT2D eigenvalue weighted by molar-refractivity contribution is -0.135. The SMILES string of the molecule is COc1cc(C2CCN(C3CN(CC4CCN(c5ccc6c(c5)n(C)c(=O)n6C5CCC(=O)NC5=O)CC4)C3)CC2)ccc1Nc1ncc(Cl)c(Nc2ccccc2P(C)(C)=O)n1. The molecule has 5 aromatic rings. The fourth-order valence-electron chi connectivity index (χ4n) is 9.91. The Morgan fingerprint density at radius 1 is 0.889 bits per heavy atom. The summed E-state index contributed by atoms with van der Waals surface area (Å²) in [5.41, 5.74) is 5.09. The summed E-state index contributed by atoms with van der Waals surface area (Å²) >= 11 is 6.50. The van der Waals surface area contributed by atoms with E-state index in [1.165, 1.54) is 5.56 Å². The first-order valence-electron chi connectivity index (χ1n) is 22.0. The van der Waals surface area contributed by atoms with Gasteiger partial charge in [0.2, 0.25) is 17.8 Å². The maximum atomic E-state index is 13.3. The van der Waals surface area contributed by atoms with E-state index in [1.807, 2.05) is 36.4 Å². The lowest BCUT2D eigenvalue weighted by atomic mass is 9.87. The summed E-state index contributed by atoms with van der Waals surface area (Å²) < 4.78 is 21.9. The number of ether oxygens (including phenoxy) is 1. The number of nitrogens with zero attached hydrogens (tertiary/aromatic N) is 7. The van der Waals surface area contributed by atoms with Gasteiger partial charge >= 0.3 is 5.69 Å². The Kier molecular flexibility index (Phi) is 12.1. The molecule has 6 heterocycles. The molecule has 3 N–H and O–H groups in total. The molecule has 0 bridgehead atoms. The van der Waals surface area contributed by atoms with Gasteiger partial charge in [0, 0.05) is 63.2 Å². The summed E-state index contributed by atoms with van der Waals surface area (Å²) in [5, 5.41) is 10.0. The average Bonchev–Trinajstić information content (AvgIpc) is 3.51. The standard InChI is InChI=1S/C46H56ClN10O5P/c1-53-39-24-32(10-12-37(39)57(46(53)60)38-13-14-42(58)51-44(38)59)55-19-15-29(16-20-55)26-54-27-33(28-54)56-21-17-30(18-22-56)31-9-11-35(40(23-31)62-2)50-45-48-25-34(47)43(52-45)49-36-7-5-6-8-41(36)63(3,4)61/h5-12,23-25,29-30,33,38H,13-22,26-28H2,1-4H3,(H,51,58,59)(H2,48,49,50,52). The van der Waals surface area contributed by atoms with E-state index >= 15 is 0 Å². The van der Waals surface area contributed by atoms with E-state index < -0.39 is 19.1 Å². The number of methoxy groups -OCH3 is 1. The van der Waals surface area contributed by atoms with Crippen LogP contribution < -0.4 is 36.6 Å². The van der Waals surface area contributed by atoms with E-state index in [9.17, 15) is 18.9 Å². The maximum Gasteiger partial charge on any atom is 0.329 e. The number of carbonyl (C=O) groups excluding carboxylic acids is 2. The largest absolute Gasteiger partial charge is 0.495 e. The Morgan fingerprint density at radius 2 is 1.65 bits per heavy atom. The highest BCUT2D eigenvalue weighted by molar-refractivity contribution is 7.70. The molecule has 2 amide bonds. The third kappa shape index (κ3) is 8.98. The first-order chi connectivity index (χ1) is 30.3. The Hall–Kier alpha value is -5.21. The van der Waals surface area contributed by atoms with Crippen molar-refractivity contribution in [1.29, 1.82) is 0 Å². The van der Waals surface area contributed by atoms with Crippen LogP contribution in [0.15, 0.2) is 71.7 Å². The number of aromatic nitrogens is 4. The number of piperidine rings is 3. The summed E-state index contributed by atoms with van der Waals surface area (Å²) in [7, 11) is 0.882. The van der Waals surface area contributed by atoms with E-state index in [2.05, 4.69) is 64.9 Å². The molecule has 4 aliphatic heterocycles. The summed E-state index contributed by atoms with van der Waals surface area (Å²) in [4.78, 5) is 54.4. The molecule has 332 valence electrons. The van der Waals surface area contributed by atoms with Crippen LogP contribution in [0, 0.1) is 5.92 Å². The van der Waals surface area contributed by atoms with Crippen molar-refractivity contribution in [2.24, 2.45) is 13.0 Å². The summed E-state index contributed by atoms with van der Waals surface area (Å²) in [6, 6.07) is 19.8. The van der Waals surface area contributed by atoms with Crippen molar-refractivity contribution in [3.05, 3.63) is 87.9 Å². The number of anilines is 5. The Morgan fingerprint density at radius 3 is 2.38 bits per heavy atom. The van der Waals surface area contributed by atoms with Crippen molar-refractivity contribution < 1.29 is 18.9 Å². The molecule has 15 nitrogen and oxygen atoms in total. The first-order valence-corrected chi connectivity index (χ1v) is 25.0. The van der Waals surface area contributed by atoms with Crippen LogP contribution in [0.25, 0.3) is 11.0 Å². The van der Waals surface area contributed by atoms with Crippen molar-refractivity contribution >= 4 is 75.7 Å². The van der Waals surface area contributed by atoms with Gasteiger partial charge in [0.15, 0.2) is 5.82 Å². The molecule has 2 aromatic heterocycles. The fourth-order valence-corrected chi connectivity index (χ4v) is 11.2. The Labute approximate surface area is 372 Å². The first kappa shape index (κ1) is 43.1. The van der Waals surface area contributed by atoms with E-state index in [0.29, 0.717) is 46.8 Å². The van der Waals surface area contributed by atoms with Gasteiger partial charge in [0.05, 0.1) is 35.7 Å². The van der Waals surface area contributed by atoms with Crippen molar-refractivity contribution in [3.8, 4) is 5.75 Å². The highest BCUT2D eigenvalue weighted by Gasteiger charge is 2.36. The number of aryl methyl sites for hydroxylation is 1. The molecule has 1 unspecified atom stereocenters. The number of imidazole rings is 1. The van der Waals surface area contributed by atoms with E-state index in [1.54, 1.807) is 42.8 Å². The molecule has 63 heavy (non-hydrogen) atoms. The summed E-state index contributed by atoms with van der Waals surface area (Å²) in [5.74, 6) is 1.91. The molecule has 1 atom stereocenters. The second kappa shape index (κ2) is 17.8. The van der Waals surface area contributed by atoms with Gasteiger partial charge in [0.25, 0.3) is 0 Å². The molecule has 17 heteroatoms. The van der Waals surface area contributed by atoms with Crippen molar-refractivity contribution in [3.63, 3.8) is 0 Å². The van der Waals surface area contributed by atoms with Crippen molar-refractivity contribution in [1.82, 2.24) is 34.2 Å². The predicted molar refractivity (Wildman–Crippen MR) is 249 cm³/mol. The zero-order chi connectivity index (χ0) is 44.0. The van der Waals surface area contributed by atoms with Crippen LogP contribution in [0.3, 0.4) is 0 Å². The van der Waals surface area contributed by atoms with Gasteiger partial charge in [0.1, 0.15) is 24.0 Å². The Balaban J connectivity index is 0.739. The molecule has 0 spiro atoms. The van der Waals surface area contributed by atoms with Gasteiger partial charge in [-0.3, -0.25) is 33.8 Å². The minimum absolute atomic E-state index is 0.226. The van der Waals surface area contributed by atoms with Crippen molar-refractivity contribution in [2.45, 2.75) is 56.5 Å². The molecular weight excluding hydrogens is 839 g/mol. The number of amides is 2. The molecule has 0 aliphatic carbocycles. The number of nitrogens with one attached hydrogen (secondary N) is 3. The number of carbonyl (C=O) groups is 2. The highest BCUT2D eigenvalue weighted by Crippen LogP contribution is 2.40. The number of hydrogen-bond donors (Lipinski definition) is 3. The second-order valence-electron chi connectivity index (χ2n) is 17.9. The van der Waals surface area contributed by atoms with Gasteiger partial charge in [-0.25, -0.2) is 9.78 Å². The number of halogens is 1. The normalized spacial score (nSPS) is 19.9. The van der Waals surface area contributed by atoms with Crippen LogP contribution in [0.5, 0.6) is 5.75 Å². The van der Waals surface area contributed by atoms with Gasteiger partial charge in [-0.2, -0.15) is 4.98 Å². The molecule has 0 saturated carbocycles. The zero-order valence-corrected chi connectivity index (χ0v) is 38.0. The van der Waals surface area contributed by atoms with Gasteiger partial charge in [-0.05, 0) is 118 Å². The molecule has 4 saturated heterocycles. The minimum Gasteiger partial charge on any atom is -0.495 e. The second-order valence-corrected chi connectivity index (χ2v) is 21.5. The van der Waals surface area contributed by atoms with Crippen molar-refractivity contribution in [2.75, 3.05) is 81.8 Å². The number of benzene rings is 3. The van der Waals surface area contributed by atoms with Crippen LogP contribution in [0.4, 0.5) is 28.8 Å². The summed E-state index contributed by atoms with van der Waals surface area (Å²) in [6.45, 7) is 11.0. The number of hydrogen-bond acceptors (Lipinski definition) is 12. The predicted octanol–water partition coefficient (Wildman–Crippen LogP) is 6.29. The van der Waals surface area contributed by atoms with E-state index in [-0.39, 0.29) is 18.0 Å². The molecule has 4 aliphatic rings. The maximum absolute atomic E-state index is 13.3. The molecule has 9 rings (SSSR count). The van der Waals surface area contributed by atoms with Gasteiger partial charge in [-0.1, -0.05) is 29.8 Å². The fraction of sp³-hybridized carbons (Fsp3) is 0.457. The molecule has 4 fully saturated rings. The number of rotatable bonds is 12. The van der Waals surface area contributed by atoms with Crippen LogP contribution in [0.2, 0.25) is 5.02 Å². The third-order valence-electron chi connectivity index (χ3n) is 13.5. The highest BCUT2D eigenvalue weighted by atomic mass is 35.5.